The molecule has 0 amide bonds. The Balaban J connectivity index is 1.71. The molecule has 0 aliphatic carbocycles. The molecule has 0 fully saturated rings. The second-order valence-electron chi connectivity index (χ2n) is 6.86. The third kappa shape index (κ3) is 3.32. The first-order valence-corrected chi connectivity index (χ1v) is 11.6. The first kappa shape index (κ1) is 20.4. The fraction of sp³-hybridized carbons (Fsp3) is 0.150. The van der Waals surface area contributed by atoms with Gasteiger partial charge >= 0.3 is 5.97 Å². The molecule has 3 aromatic heterocycles. The fourth-order valence-corrected chi connectivity index (χ4v) is 6.43. The van der Waals surface area contributed by atoms with Crippen LogP contribution >= 0.6 is 46.3 Å². The SMILES string of the molecule is Cc1nn(-c2nc3c(s2)SC(C)c2cc(Cl)c(Cl)cc2-3)c(C(=O)O)c1-c1cnccn1. The molecule has 0 spiro atoms. The summed E-state index contributed by atoms with van der Waals surface area (Å²) in [6, 6.07) is 3.68. The number of hydrogen-bond acceptors (Lipinski definition) is 7. The number of nitrogens with zero attached hydrogens (tertiary/aromatic N) is 5. The van der Waals surface area contributed by atoms with Crippen LogP contribution in [0.5, 0.6) is 0 Å². The third-order valence-electron chi connectivity index (χ3n) is 4.92. The lowest BCUT2D eigenvalue weighted by Crippen LogP contribution is -2.09. The van der Waals surface area contributed by atoms with Gasteiger partial charge < -0.3 is 5.11 Å². The molecular formula is C20H13Cl2N5O2S2. The quantitative estimate of drug-likeness (QED) is 0.380. The Bertz CT molecular complexity index is 1350. The van der Waals surface area contributed by atoms with E-state index in [2.05, 4.69) is 22.0 Å². The molecule has 0 bridgehead atoms. The van der Waals surface area contributed by atoms with Gasteiger partial charge in [0, 0.05) is 23.2 Å². The van der Waals surface area contributed by atoms with Crippen molar-refractivity contribution in [2.75, 3.05) is 0 Å². The van der Waals surface area contributed by atoms with E-state index in [9.17, 15) is 9.90 Å². The minimum Gasteiger partial charge on any atom is -0.476 e. The predicted molar refractivity (Wildman–Crippen MR) is 122 cm³/mol. The largest absolute Gasteiger partial charge is 0.476 e. The van der Waals surface area contributed by atoms with Crippen molar-refractivity contribution in [2.24, 2.45) is 0 Å². The normalized spacial score (nSPS) is 14.9. The van der Waals surface area contributed by atoms with Crippen LogP contribution in [0.1, 0.15) is 33.9 Å². The van der Waals surface area contributed by atoms with Crippen molar-refractivity contribution in [3.05, 3.63) is 57.7 Å². The minimum absolute atomic E-state index is 0.00323. The predicted octanol–water partition coefficient (Wildman–Crippen LogP) is 5.93. The first-order chi connectivity index (χ1) is 14.8. The van der Waals surface area contributed by atoms with E-state index in [1.165, 1.54) is 34.6 Å². The first-order valence-electron chi connectivity index (χ1n) is 9.11. The Morgan fingerprint density at radius 1 is 1.23 bits per heavy atom. The maximum absolute atomic E-state index is 12.2. The van der Waals surface area contributed by atoms with Crippen LogP contribution in [0, 0.1) is 6.92 Å². The Kier molecular flexibility index (Phi) is 5.01. The molecule has 4 heterocycles. The molecule has 0 radical (unpaired) electrons. The molecule has 31 heavy (non-hydrogen) atoms. The van der Waals surface area contributed by atoms with Crippen LogP contribution in [0.4, 0.5) is 0 Å². The topological polar surface area (TPSA) is 93.8 Å². The van der Waals surface area contributed by atoms with Crippen molar-refractivity contribution in [3.63, 3.8) is 0 Å². The third-order valence-corrected chi connectivity index (χ3v) is 8.02. The summed E-state index contributed by atoms with van der Waals surface area (Å²) >= 11 is 15.5. The summed E-state index contributed by atoms with van der Waals surface area (Å²) in [6.07, 6.45) is 4.57. The van der Waals surface area contributed by atoms with Gasteiger partial charge in [-0.1, -0.05) is 34.5 Å². The molecule has 1 aromatic carbocycles. The zero-order chi connectivity index (χ0) is 21.9. The Morgan fingerprint density at radius 2 is 2.00 bits per heavy atom. The number of aryl methyl sites for hydroxylation is 1. The summed E-state index contributed by atoms with van der Waals surface area (Å²) in [4.78, 5) is 25.3. The summed E-state index contributed by atoms with van der Waals surface area (Å²) < 4.78 is 2.34. The molecule has 11 heteroatoms. The molecule has 4 aromatic rings. The van der Waals surface area contributed by atoms with Crippen molar-refractivity contribution in [1.82, 2.24) is 24.7 Å². The molecular weight excluding hydrogens is 477 g/mol. The van der Waals surface area contributed by atoms with Crippen LogP contribution in [0.2, 0.25) is 10.0 Å². The molecule has 7 nitrogen and oxygen atoms in total. The van der Waals surface area contributed by atoms with E-state index in [-0.39, 0.29) is 10.9 Å². The summed E-state index contributed by atoms with van der Waals surface area (Å²) in [5, 5.41) is 16.0. The van der Waals surface area contributed by atoms with Gasteiger partial charge in [0.15, 0.2) is 5.69 Å². The van der Waals surface area contributed by atoms with Crippen molar-refractivity contribution < 1.29 is 9.90 Å². The highest BCUT2D eigenvalue weighted by molar-refractivity contribution is 8.01. The lowest BCUT2D eigenvalue weighted by atomic mass is 10.0. The lowest BCUT2D eigenvalue weighted by molar-refractivity contribution is 0.0688. The van der Waals surface area contributed by atoms with E-state index in [0.717, 1.165) is 21.0 Å². The van der Waals surface area contributed by atoms with E-state index in [1.807, 2.05) is 12.1 Å². The highest BCUT2D eigenvalue weighted by Crippen LogP contribution is 2.53. The molecule has 1 aliphatic rings. The van der Waals surface area contributed by atoms with Crippen LogP contribution in [0.3, 0.4) is 0 Å². The average Bonchev–Trinajstić information content (AvgIpc) is 3.31. The fourth-order valence-electron chi connectivity index (χ4n) is 3.56. The van der Waals surface area contributed by atoms with Gasteiger partial charge in [-0.15, -0.1) is 11.8 Å². The maximum Gasteiger partial charge on any atom is 0.355 e. The zero-order valence-corrected chi connectivity index (χ0v) is 19.3. The van der Waals surface area contributed by atoms with Gasteiger partial charge in [-0.25, -0.2) is 9.78 Å². The van der Waals surface area contributed by atoms with Gasteiger partial charge in [0.2, 0.25) is 5.13 Å². The Morgan fingerprint density at radius 3 is 2.71 bits per heavy atom. The second kappa shape index (κ2) is 7.59. The van der Waals surface area contributed by atoms with Crippen molar-refractivity contribution in [1.29, 1.82) is 0 Å². The van der Waals surface area contributed by atoms with E-state index in [4.69, 9.17) is 28.2 Å². The number of halogens is 2. The van der Waals surface area contributed by atoms with Crippen LogP contribution < -0.4 is 0 Å². The van der Waals surface area contributed by atoms with Gasteiger partial charge in [-0.05, 0) is 31.5 Å². The van der Waals surface area contributed by atoms with Crippen LogP contribution in [-0.4, -0.2) is 35.8 Å². The number of carbonyl (C=O) groups is 1. The van der Waals surface area contributed by atoms with Crippen molar-refractivity contribution in [2.45, 2.75) is 23.3 Å². The second-order valence-corrected chi connectivity index (χ2v) is 10.3. The van der Waals surface area contributed by atoms with Crippen LogP contribution in [-0.2, 0) is 0 Å². The van der Waals surface area contributed by atoms with E-state index in [0.29, 0.717) is 32.1 Å². The number of thioether (sulfide) groups is 1. The van der Waals surface area contributed by atoms with Crippen molar-refractivity contribution >= 4 is 52.3 Å². The summed E-state index contributed by atoms with van der Waals surface area (Å²) in [7, 11) is 0. The molecule has 0 saturated carbocycles. The number of carboxylic acids is 1. The van der Waals surface area contributed by atoms with E-state index < -0.39 is 5.97 Å². The summed E-state index contributed by atoms with van der Waals surface area (Å²) in [5.41, 5.74) is 4.08. The van der Waals surface area contributed by atoms with Crippen LogP contribution in [0.25, 0.3) is 27.6 Å². The number of rotatable bonds is 3. The summed E-state index contributed by atoms with van der Waals surface area (Å²) in [5.74, 6) is -1.12. The molecule has 1 unspecified atom stereocenters. The number of carboxylic acid groups (broad SMARTS) is 1. The number of aromatic carboxylic acids is 1. The number of aromatic nitrogens is 5. The number of thiazole rings is 1. The highest BCUT2D eigenvalue weighted by Gasteiger charge is 2.31. The molecule has 0 saturated heterocycles. The standard InChI is InChI=1S/C20H13Cl2N5O2S2/c1-8-15(14-7-23-3-4-24-14)17(18(28)29)27(26-8)20-25-16-11-6-13(22)12(21)5-10(11)9(2)30-19(16)31-20/h3-7,9H,1-2H3,(H,28,29). The van der Waals surface area contributed by atoms with Crippen molar-refractivity contribution in [3.8, 4) is 27.6 Å². The lowest BCUT2D eigenvalue weighted by Gasteiger charge is -2.21. The van der Waals surface area contributed by atoms with Crippen LogP contribution in [0.15, 0.2) is 34.9 Å². The van der Waals surface area contributed by atoms with Gasteiger partial charge in [0.05, 0.1) is 43.1 Å². The molecule has 1 N–H and O–H groups in total. The maximum atomic E-state index is 12.2. The highest BCUT2D eigenvalue weighted by atomic mass is 35.5. The number of fused-ring (bicyclic) bond motifs is 3. The number of benzene rings is 1. The van der Waals surface area contributed by atoms with E-state index >= 15 is 0 Å². The average molecular weight is 490 g/mol. The van der Waals surface area contributed by atoms with Gasteiger partial charge in [-0.2, -0.15) is 9.78 Å². The Hall–Kier alpha value is -2.46. The van der Waals surface area contributed by atoms with Gasteiger partial charge in [0.25, 0.3) is 0 Å². The van der Waals surface area contributed by atoms with E-state index in [1.54, 1.807) is 18.7 Å². The molecule has 1 atom stereocenters. The van der Waals surface area contributed by atoms with Gasteiger partial charge in [-0.3, -0.25) is 9.97 Å². The monoisotopic (exact) mass is 489 g/mol. The zero-order valence-electron chi connectivity index (χ0n) is 16.1. The molecule has 156 valence electrons. The molecule has 1 aliphatic heterocycles. The van der Waals surface area contributed by atoms with Gasteiger partial charge in [0.1, 0.15) is 0 Å². The smallest absolute Gasteiger partial charge is 0.355 e. The Labute approximate surface area is 195 Å². The summed E-state index contributed by atoms with van der Waals surface area (Å²) in [6.45, 7) is 3.83. The molecule has 5 rings (SSSR count). The number of hydrogen-bond donors (Lipinski definition) is 1. The minimum atomic E-state index is -1.12.